The molecule has 1 aliphatic heterocycles. The minimum absolute atomic E-state index is 0.0328. The summed E-state index contributed by atoms with van der Waals surface area (Å²) in [6.45, 7) is 0. The van der Waals surface area contributed by atoms with E-state index in [1.165, 1.54) is 12.1 Å². The van der Waals surface area contributed by atoms with Crippen molar-refractivity contribution < 1.29 is 14.7 Å². The second kappa shape index (κ2) is 6.52. The number of carbonyl (C=O) groups excluding carboxylic acids is 2. The second-order valence-corrected chi connectivity index (χ2v) is 5.67. The molecule has 0 atom stereocenters. The Morgan fingerprint density at radius 2 is 1.96 bits per heavy atom. The van der Waals surface area contributed by atoms with Gasteiger partial charge in [-0.1, -0.05) is 12.1 Å². The van der Waals surface area contributed by atoms with Crippen LogP contribution in [0.4, 0.5) is 11.4 Å². The van der Waals surface area contributed by atoms with Gasteiger partial charge in [-0.3, -0.25) is 9.59 Å². The maximum absolute atomic E-state index is 11.9. The van der Waals surface area contributed by atoms with Crippen LogP contribution in [0.1, 0.15) is 24.0 Å². The van der Waals surface area contributed by atoms with Gasteiger partial charge in [0.2, 0.25) is 11.8 Å². The minimum atomic E-state index is -0.0475. The zero-order valence-electron chi connectivity index (χ0n) is 12.6. The van der Waals surface area contributed by atoms with Crippen molar-refractivity contribution in [2.45, 2.75) is 25.7 Å². The van der Waals surface area contributed by atoms with E-state index in [-0.39, 0.29) is 17.6 Å². The van der Waals surface area contributed by atoms with Gasteiger partial charge in [-0.25, -0.2) is 0 Å². The zero-order valence-corrected chi connectivity index (χ0v) is 12.6. The van der Waals surface area contributed by atoms with Crippen LogP contribution in [0.3, 0.4) is 0 Å². The Labute approximate surface area is 134 Å². The third-order valence-corrected chi connectivity index (χ3v) is 3.82. The lowest BCUT2D eigenvalue weighted by Gasteiger charge is -2.06. The van der Waals surface area contributed by atoms with Crippen molar-refractivity contribution >= 4 is 23.2 Å². The van der Waals surface area contributed by atoms with Crippen LogP contribution in [0.25, 0.3) is 0 Å². The maximum atomic E-state index is 11.9. The summed E-state index contributed by atoms with van der Waals surface area (Å²) in [6, 6.07) is 12.3. The summed E-state index contributed by atoms with van der Waals surface area (Å²) >= 11 is 0. The molecule has 5 nitrogen and oxygen atoms in total. The molecule has 0 aliphatic carbocycles. The largest absolute Gasteiger partial charge is 0.508 e. The van der Waals surface area contributed by atoms with Crippen LogP contribution in [0, 0.1) is 0 Å². The van der Waals surface area contributed by atoms with Gasteiger partial charge in [-0.2, -0.15) is 0 Å². The highest BCUT2D eigenvalue weighted by atomic mass is 16.3. The fraction of sp³-hybridized carbons (Fsp3) is 0.222. The number of nitrogens with one attached hydrogen (secondary N) is 2. The van der Waals surface area contributed by atoms with Crippen molar-refractivity contribution in [3.8, 4) is 5.75 Å². The van der Waals surface area contributed by atoms with E-state index in [1.807, 2.05) is 18.2 Å². The van der Waals surface area contributed by atoms with E-state index in [0.29, 0.717) is 18.5 Å². The van der Waals surface area contributed by atoms with Crippen LogP contribution in [-0.4, -0.2) is 16.9 Å². The molecular formula is C18H18N2O3. The van der Waals surface area contributed by atoms with Crippen LogP contribution in [0.2, 0.25) is 0 Å². The Kier molecular flexibility index (Phi) is 4.28. The van der Waals surface area contributed by atoms with Crippen molar-refractivity contribution in [2.24, 2.45) is 0 Å². The molecule has 0 radical (unpaired) electrons. The molecule has 0 saturated heterocycles. The maximum Gasteiger partial charge on any atom is 0.228 e. The standard InChI is InChI=1S/C18H18N2O3/c21-15-7-5-14(6-8-15)19-17(22)3-1-2-12-4-9-16-13(10-12)11-18(23)20-16/h4-10,21H,1-3,11H2,(H,19,22)(H,20,23). The number of anilines is 2. The summed E-state index contributed by atoms with van der Waals surface area (Å²) in [7, 11) is 0. The van der Waals surface area contributed by atoms with Gasteiger partial charge in [0, 0.05) is 17.8 Å². The lowest BCUT2D eigenvalue weighted by atomic mass is 10.0. The molecule has 1 heterocycles. The van der Waals surface area contributed by atoms with Crippen molar-refractivity contribution in [3.05, 3.63) is 53.6 Å². The van der Waals surface area contributed by atoms with E-state index < -0.39 is 0 Å². The Morgan fingerprint density at radius 1 is 1.17 bits per heavy atom. The number of aryl methyl sites for hydroxylation is 1. The smallest absolute Gasteiger partial charge is 0.228 e. The van der Waals surface area contributed by atoms with Crippen molar-refractivity contribution in [1.82, 2.24) is 0 Å². The number of benzene rings is 2. The van der Waals surface area contributed by atoms with Gasteiger partial charge in [0.1, 0.15) is 5.75 Å². The molecule has 0 fully saturated rings. The average Bonchev–Trinajstić information content (AvgIpc) is 2.89. The van der Waals surface area contributed by atoms with E-state index >= 15 is 0 Å². The molecule has 0 spiro atoms. The SMILES string of the molecule is O=C(CCCc1ccc2c(c1)CC(=O)N2)Nc1ccc(O)cc1. The van der Waals surface area contributed by atoms with Crippen LogP contribution >= 0.6 is 0 Å². The number of amides is 2. The Balaban J connectivity index is 1.48. The molecule has 5 heteroatoms. The molecule has 0 aromatic heterocycles. The first-order valence-electron chi connectivity index (χ1n) is 7.61. The highest BCUT2D eigenvalue weighted by Crippen LogP contribution is 2.24. The Morgan fingerprint density at radius 3 is 2.74 bits per heavy atom. The predicted octanol–water partition coefficient (Wildman–Crippen LogP) is 2.85. The van der Waals surface area contributed by atoms with Gasteiger partial charge >= 0.3 is 0 Å². The molecule has 0 bridgehead atoms. The van der Waals surface area contributed by atoms with E-state index in [2.05, 4.69) is 10.6 Å². The number of rotatable bonds is 5. The lowest BCUT2D eigenvalue weighted by molar-refractivity contribution is -0.116. The fourth-order valence-electron chi connectivity index (χ4n) is 2.66. The number of phenolic OH excluding ortho intramolecular Hbond substituents is 1. The first-order chi connectivity index (χ1) is 11.1. The summed E-state index contributed by atoms with van der Waals surface area (Å²) in [4.78, 5) is 23.2. The molecule has 0 saturated carbocycles. The highest BCUT2D eigenvalue weighted by Gasteiger charge is 2.17. The van der Waals surface area contributed by atoms with E-state index in [9.17, 15) is 14.7 Å². The number of aromatic hydroxyl groups is 1. The normalized spacial score (nSPS) is 12.6. The molecule has 3 rings (SSSR count). The van der Waals surface area contributed by atoms with Crippen LogP contribution in [0.5, 0.6) is 5.75 Å². The molecule has 2 aromatic carbocycles. The Bertz CT molecular complexity index is 738. The zero-order chi connectivity index (χ0) is 16.2. The van der Waals surface area contributed by atoms with Gasteiger partial charge in [-0.05, 0) is 54.3 Å². The summed E-state index contributed by atoms with van der Waals surface area (Å²) < 4.78 is 0. The van der Waals surface area contributed by atoms with Gasteiger partial charge in [0.25, 0.3) is 0 Å². The van der Waals surface area contributed by atoms with Crippen LogP contribution in [-0.2, 0) is 22.4 Å². The minimum Gasteiger partial charge on any atom is -0.508 e. The topological polar surface area (TPSA) is 78.4 Å². The number of hydrogen-bond acceptors (Lipinski definition) is 3. The van der Waals surface area contributed by atoms with Crippen LogP contribution < -0.4 is 10.6 Å². The van der Waals surface area contributed by atoms with E-state index in [4.69, 9.17) is 0 Å². The third-order valence-electron chi connectivity index (χ3n) is 3.82. The molecule has 1 aliphatic rings. The number of carbonyl (C=O) groups is 2. The third kappa shape index (κ3) is 3.88. The Hall–Kier alpha value is -2.82. The number of phenols is 1. The molecule has 0 unspecified atom stereocenters. The van der Waals surface area contributed by atoms with E-state index in [0.717, 1.165) is 29.7 Å². The van der Waals surface area contributed by atoms with Gasteiger partial charge < -0.3 is 15.7 Å². The molecule has 2 amide bonds. The summed E-state index contributed by atoms with van der Waals surface area (Å²) in [5.41, 5.74) is 3.73. The molecule has 2 aromatic rings. The molecule has 23 heavy (non-hydrogen) atoms. The summed E-state index contributed by atoms with van der Waals surface area (Å²) in [6.07, 6.45) is 2.40. The van der Waals surface area contributed by atoms with Gasteiger partial charge in [-0.15, -0.1) is 0 Å². The lowest BCUT2D eigenvalue weighted by Crippen LogP contribution is -2.11. The fourth-order valence-corrected chi connectivity index (χ4v) is 2.66. The van der Waals surface area contributed by atoms with Crippen molar-refractivity contribution in [1.29, 1.82) is 0 Å². The monoisotopic (exact) mass is 310 g/mol. The molecule has 118 valence electrons. The van der Waals surface area contributed by atoms with Crippen molar-refractivity contribution in [2.75, 3.05) is 10.6 Å². The summed E-state index contributed by atoms with van der Waals surface area (Å²) in [5.74, 6) is 0.159. The first kappa shape index (κ1) is 15.1. The van der Waals surface area contributed by atoms with E-state index in [1.54, 1.807) is 12.1 Å². The average molecular weight is 310 g/mol. The van der Waals surface area contributed by atoms with Crippen molar-refractivity contribution in [3.63, 3.8) is 0 Å². The summed E-state index contributed by atoms with van der Waals surface area (Å²) in [5, 5.41) is 14.8. The van der Waals surface area contributed by atoms with Gasteiger partial charge in [0.15, 0.2) is 0 Å². The quantitative estimate of drug-likeness (QED) is 0.743. The van der Waals surface area contributed by atoms with Crippen LogP contribution in [0.15, 0.2) is 42.5 Å². The van der Waals surface area contributed by atoms with Gasteiger partial charge in [0.05, 0.1) is 6.42 Å². The molecular weight excluding hydrogens is 292 g/mol. The highest BCUT2D eigenvalue weighted by molar-refractivity contribution is 5.99. The predicted molar refractivity (Wildman–Crippen MR) is 88.5 cm³/mol. The molecule has 3 N–H and O–H groups in total. The number of fused-ring (bicyclic) bond motifs is 1. The number of hydrogen-bond donors (Lipinski definition) is 3. The second-order valence-electron chi connectivity index (χ2n) is 5.67. The first-order valence-corrected chi connectivity index (χ1v) is 7.61.